The summed E-state index contributed by atoms with van der Waals surface area (Å²) < 4.78 is 17.5. The van der Waals surface area contributed by atoms with Crippen molar-refractivity contribution in [1.29, 1.82) is 0 Å². The molecule has 2 fully saturated rings. The molecule has 7 nitrogen and oxygen atoms in total. The molecular weight excluding hydrogens is 510 g/mol. The van der Waals surface area contributed by atoms with E-state index in [-0.39, 0.29) is 12.1 Å². The molecule has 2 aromatic carbocycles. The quantitative estimate of drug-likeness (QED) is 0.207. The normalized spacial score (nSPS) is 19.2. The van der Waals surface area contributed by atoms with E-state index in [1.54, 1.807) is 18.3 Å². The lowest BCUT2D eigenvalue weighted by molar-refractivity contribution is 0.0600. The van der Waals surface area contributed by atoms with Gasteiger partial charge in [-0.3, -0.25) is 4.98 Å². The summed E-state index contributed by atoms with van der Waals surface area (Å²) >= 11 is 5.85. The predicted molar refractivity (Wildman–Crippen MR) is 153 cm³/mol. The number of nitrogens with one attached hydrogen (secondary N) is 1. The van der Waals surface area contributed by atoms with Gasteiger partial charge in [0.2, 0.25) is 0 Å². The number of furan rings is 1. The monoisotopic (exact) mass is 539 g/mol. The Bertz CT molecular complexity index is 1460. The molecule has 0 radical (unpaired) electrons. The Morgan fingerprint density at radius 3 is 2.59 bits per heavy atom. The van der Waals surface area contributed by atoms with E-state index in [4.69, 9.17) is 26.1 Å². The van der Waals surface area contributed by atoms with Gasteiger partial charge in [-0.15, -0.1) is 0 Å². The van der Waals surface area contributed by atoms with Crippen LogP contribution in [0.25, 0.3) is 11.3 Å². The number of rotatable bonds is 7. The summed E-state index contributed by atoms with van der Waals surface area (Å²) in [6.45, 7) is 0. The summed E-state index contributed by atoms with van der Waals surface area (Å²) in [5, 5.41) is 4.05. The summed E-state index contributed by atoms with van der Waals surface area (Å²) in [6, 6.07) is 24.5. The molecule has 4 aromatic rings. The fourth-order valence-electron chi connectivity index (χ4n) is 5.39. The number of hydrogen-bond donors (Lipinski definition) is 1. The molecule has 39 heavy (non-hydrogen) atoms. The minimum absolute atomic E-state index is 0.228. The minimum atomic E-state index is -0.393. The Morgan fingerprint density at radius 2 is 1.85 bits per heavy atom. The first-order valence-corrected chi connectivity index (χ1v) is 13.6. The van der Waals surface area contributed by atoms with Crippen LogP contribution in [0.3, 0.4) is 0 Å². The maximum absolute atomic E-state index is 12.1. The van der Waals surface area contributed by atoms with E-state index >= 15 is 0 Å². The Labute approximate surface area is 232 Å². The first kappa shape index (κ1) is 25.1. The van der Waals surface area contributed by atoms with Gasteiger partial charge in [0.25, 0.3) is 0 Å². The summed E-state index contributed by atoms with van der Waals surface area (Å²) in [7, 11) is 1.37. The molecule has 1 aliphatic carbocycles. The summed E-state index contributed by atoms with van der Waals surface area (Å²) in [4.78, 5) is 18.8. The van der Waals surface area contributed by atoms with Crippen molar-refractivity contribution in [2.75, 3.05) is 12.0 Å². The van der Waals surface area contributed by atoms with Gasteiger partial charge in [-0.1, -0.05) is 18.2 Å². The zero-order valence-electron chi connectivity index (χ0n) is 21.6. The topological polar surface area (TPSA) is 76.8 Å². The van der Waals surface area contributed by atoms with E-state index in [1.165, 1.54) is 20.0 Å². The number of benzene rings is 2. The van der Waals surface area contributed by atoms with Gasteiger partial charge in [0.15, 0.2) is 5.11 Å². The number of esters is 1. The largest absolute Gasteiger partial charge is 0.490 e. The molecule has 0 spiro atoms. The first-order chi connectivity index (χ1) is 19.1. The molecular formula is C31H29N3O4S. The second-order valence-electron chi connectivity index (χ2n) is 9.79. The Hall–Kier alpha value is -4.17. The number of aromatic nitrogens is 1. The van der Waals surface area contributed by atoms with Gasteiger partial charge >= 0.3 is 5.97 Å². The molecule has 2 atom stereocenters. The SMILES string of the molecule is COC(=O)c1cccc(-c2ccc([C@@H]3[C@@H](c4ccccn4)NC(=S)N3c3ccc(OC4CCCC4)cc3)o2)c1. The Kier molecular flexibility index (Phi) is 7.02. The highest BCUT2D eigenvalue weighted by molar-refractivity contribution is 7.80. The lowest BCUT2D eigenvalue weighted by Gasteiger charge is -2.26. The van der Waals surface area contributed by atoms with Crippen molar-refractivity contribution in [2.24, 2.45) is 0 Å². The summed E-state index contributed by atoms with van der Waals surface area (Å²) in [5.74, 6) is 1.85. The molecule has 0 amide bonds. The van der Waals surface area contributed by atoms with Crippen molar-refractivity contribution in [2.45, 2.75) is 43.9 Å². The lowest BCUT2D eigenvalue weighted by atomic mass is 10.0. The predicted octanol–water partition coefficient (Wildman–Crippen LogP) is 6.63. The van der Waals surface area contributed by atoms with E-state index in [0.717, 1.165) is 41.3 Å². The highest BCUT2D eigenvalue weighted by Crippen LogP contribution is 2.43. The zero-order valence-corrected chi connectivity index (χ0v) is 22.4. The van der Waals surface area contributed by atoms with Gasteiger partial charge in [-0.2, -0.15) is 0 Å². The number of nitrogens with zero attached hydrogens (tertiary/aromatic N) is 2. The molecule has 198 valence electrons. The molecule has 8 heteroatoms. The van der Waals surface area contributed by atoms with Gasteiger partial charge < -0.3 is 24.1 Å². The maximum Gasteiger partial charge on any atom is 0.337 e. The van der Waals surface area contributed by atoms with Crippen LogP contribution >= 0.6 is 12.2 Å². The van der Waals surface area contributed by atoms with Gasteiger partial charge in [-0.05, 0) is 98.6 Å². The smallest absolute Gasteiger partial charge is 0.337 e. The number of methoxy groups -OCH3 is 1. The third kappa shape index (κ3) is 5.12. The highest BCUT2D eigenvalue weighted by atomic mass is 32.1. The molecule has 0 bridgehead atoms. The van der Waals surface area contributed by atoms with E-state index in [2.05, 4.69) is 15.2 Å². The average molecular weight is 540 g/mol. The number of anilines is 1. The second-order valence-corrected chi connectivity index (χ2v) is 10.2. The van der Waals surface area contributed by atoms with E-state index < -0.39 is 5.97 Å². The van der Waals surface area contributed by atoms with Crippen LogP contribution in [-0.2, 0) is 4.74 Å². The van der Waals surface area contributed by atoms with E-state index in [9.17, 15) is 4.79 Å². The second kappa shape index (κ2) is 10.9. The molecule has 1 saturated heterocycles. The van der Waals surface area contributed by atoms with Crippen molar-refractivity contribution in [1.82, 2.24) is 10.3 Å². The van der Waals surface area contributed by atoms with Crippen LogP contribution in [-0.4, -0.2) is 29.3 Å². The van der Waals surface area contributed by atoms with Crippen LogP contribution in [0, 0.1) is 0 Å². The molecule has 0 unspecified atom stereocenters. The average Bonchev–Trinajstić information content (AvgIpc) is 3.74. The molecule has 1 saturated carbocycles. The van der Waals surface area contributed by atoms with Gasteiger partial charge in [-0.25, -0.2) is 4.79 Å². The third-order valence-electron chi connectivity index (χ3n) is 7.30. The highest BCUT2D eigenvalue weighted by Gasteiger charge is 2.42. The van der Waals surface area contributed by atoms with Crippen molar-refractivity contribution < 1.29 is 18.7 Å². The van der Waals surface area contributed by atoms with Crippen LogP contribution in [0.1, 0.15) is 59.6 Å². The van der Waals surface area contributed by atoms with Gasteiger partial charge in [0.05, 0.1) is 30.5 Å². The number of thiocarbonyl (C=S) groups is 1. The molecule has 2 aliphatic rings. The number of carbonyl (C=O) groups excluding carboxylic acids is 1. The third-order valence-corrected chi connectivity index (χ3v) is 7.62. The number of hydrogen-bond acceptors (Lipinski definition) is 6. The molecule has 3 heterocycles. The summed E-state index contributed by atoms with van der Waals surface area (Å²) in [6.07, 6.45) is 6.75. The fraction of sp³-hybridized carbons (Fsp3) is 0.258. The minimum Gasteiger partial charge on any atom is -0.490 e. The van der Waals surface area contributed by atoms with Crippen molar-refractivity contribution in [3.8, 4) is 17.1 Å². The number of pyridine rings is 1. The Balaban J connectivity index is 1.34. The standard InChI is InChI=1S/C31H29N3O4S/c1-36-30(35)21-8-6-7-20(19-21)26-16-17-27(38-26)29-28(25-11-4-5-18-32-25)33-31(39)34(29)22-12-14-24(15-13-22)37-23-9-2-3-10-23/h4-8,11-19,23,28-29H,2-3,9-10H2,1H3,(H,33,39)/t28-,29-/m1/s1. The van der Waals surface area contributed by atoms with Crippen molar-refractivity contribution >= 4 is 29.0 Å². The zero-order chi connectivity index (χ0) is 26.8. The number of ether oxygens (including phenoxy) is 2. The van der Waals surface area contributed by atoms with Crippen LogP contribution in [0.5, 0.6) is 5.75 Å². The van der Waals surface area contributed by atoms with E-state index in [1.807, 2.05) is 66.7 Å². The maximum atomic E-state index is 12.1. The lowest BCUT2D eigenvalue weighted by Crippen LogP contribution is -2.29. The van der Waals surface area contributed by atoms with Crippen LogP contribution < -0.4 is 15.0 Å². The molecule has 2 aromatic heterocycles. The Morgan fingerprint density at radius 1 is 1.03 bits per heavy atom. The van der Waals surface area contributed by atoms with Gasteiger partial charge in [0, 0.05) is 17.4 Å². The van der Waals surface area contributed by atoms with Gasteiger partial charge in [0.1, 0.15) is 23.3 Å². The van der Waals surface area contributed by atoms with Crippen molar-refractivity contribution in [3.63, 3.8) is 0 Å². The summed E-state index contributed by atoms with van der Waals surface area (Å²) in [5.41, 5.74) is 3.04. The first-order valence-electron chi connectivity index (χ1n) is 13.2. The molecule has 1 aliphatic heterocycles. The van der Waals surface area contributed by atoms with E-state index in [0.29, 0.717) is 22.5 Å². The fourth-order valence-corrected chi connectivity index (χ4v) is 5.74. The van der Waals surface area contributed by atoms with Crippen LogP contribution in [0.4, 0.5) is 5.69 Å². The van der Waals surface area contributed by atoms with Crippen molar-refractivity contribution in [3.05, 3.63) is 102 Å². The molecule has 6 rings (SSSR count). The number of carbonyl (C=O) groups is 1. The van der Waals surface area contributed by atoms with Crippen LogP contribution in [0.2, 0.25) is 0 Å². The molecule has 1 N–H and O–H groups in total. The van der Waals surface area contributed by atoms with Crippen LogP contribution in [0.15, 0.2) is 89.5 Å².